The quantitative estimate of drug-likeness (QED) is 0.705. The van der Waals surface area contributed by atoms with Gasteiger partial charge in [-0.2, -0.15) is 0 Å². The van der Waals surface area contributed by atoms with Crippen LogP contribution < -0.4 is 5.76 Å². The van der Waals surface area contributed by atoms with Crippen LogP contribution in [0.15, 0.2) is 58.2 Å². The summed E-state index contributed by atoms with van der Waals surface area (Å²) in [7, 11) is 0. The Labute approximate surface area is 108 Å². The molecule has 3 aromatic heterocycles. The Morgan fingerprint density at radius 1 is 1.16 bits per heavy atom. The van der Waals surface area contributed by atoms with Crippen molar-refractivity contribution in [2.75, 3.05) is 0 Å². The van der Waals surface area contributed by atoms with Crippen LogP contribution in [0.5, 0.6) is 0 Å². The summed E-state index contributed by atoms with van der Waals surface area (Å²) >= 11 is 0. The molecule has 0 aromatic carbocycles. The van der Waals surface area contributed by atoms with Gasteiger partial charge in [0.1, 0.15) is 0 Å². The maximum absolute atomic E-state index is 11.7. The van der Waals surface area contributed by atoms with Crippen LogP contribution in [-0.4, -0.2) is 19.7 Å². The number of hydrogen-bond acceptors (Lipinski definition) is 5. The van der Waals surface area contributed by atoms with Crippen molar-refractivity contribution < 1.29 is 4.52 Å². The number of nitrogens with zero attached hydrogens (tertiary/aromatic N) is 4. The Balaban J connectivity index is 2.03. The standard InChI is InChI=1S/C13H10N4O2/c18-13-17(9-11-5-1-2-7-15-11)12(16-19-13)10-4-3-6-14-8-10/h1-8H,9H2. The molecule has 0 aliphatic rings. The summed E-state index contributed by atoms with van der Waals surface area (Å²) in [5, 5.41) is 3.79. The topological polar surface area (TPSA) is 73.8 Å². The lowest BCUT2D eigenvalue weighted by molar-refractivity contribution is 0.378. The molecule has 0 fully saturated rings. The number of rotatable bonds is 3. The van der Waals surface area contributed by atoms with E-state index in [1.807, 2.05) is 24.3 Å². The minimum atomic E-state index is -0.510. The minimum Gasteiger partial charge on any atom is -0.295 e. The molecule has 94 valence electrons. The molecule has 6 nitrogen and oxygen atoms in total. The summed E-state index contributed by atoms with van der Waals surface area (Å²) in [5.74, 6) is -0.0618. The van der Waals surface area contributed by atoms with Gasteiger partial charge in [-0.1, -0.05) is 11.2 Å². The highest BCUT2D eigenvalue weighted by molar-refractivity contribution is 5.52. The fraction of sp³-hybridized carbons (Fsp3) is 0.0769. The molecular formula is C13H10N4O2. The molecule has 0 N–H and O–H groups in total. The van der Waals surface area contributed by atoms with Crippen molar-refractivity contribution in [3.8, 4) is 11.4 Å². The van der Waals surface area contributed by atoms with E-state index in [1.54, 1.807) is 24.7 Å². The first-order valence-electron chi connectivity index (χ1n) is 5.71. The van der Waals surface area contributed by atoms with Crippen LogP contribution in [0, 0.1) is 0 Å². The lowest BCUT2D eigenvalue weighted by atomic mass is 10.2. The van der Waals surface area contributed by atoms with Gasteiger partial charge in [-0.25, -0.2) is 4.79 Å². The summed E-state index contributed by atoms with van der Waals surface area (Å²) in [6, 6.07) is 9.12. The van der Waals surface area contributed by atoms with E-state index in [4.69, 9.17) is 4.52 Å². The van der Waals surface area contributed by atoms with Crippen LogP contribution in [0.1, 0.15) is 5.69 Å². The van der Waals surface area contributed by atoms with Gasteiger partial charge in [-0.3, -0.25) is 19.1 Å². The molecule has 0 spiro atoms. The van der Waals surface area contributed by atoms with E-state index < -0.39 is 5.76 Å². The Kier molecular flexibility index (Phi) is 2.89. The highest BCUT2D eigenvalue weighted by Gasteiger charge is 2.13. The number of aromatic nitrogens is 4. The smallest absolute Gasteiger partial charge is 0.295 e. The molecule has 0 saturated carbocycles. The molecule has 0 amide bonds. The first-order valence-corrected chi connectivity index (χ1v) is 5.71. The molecule has 0 unspecified atom stereocenters. The lowest BCUT2D eigenvalue weighted by Gasteiger charge is -2.03. The summed E-state index contributed by atoms with van der Waals surface area (Å²) < 4.78 is 6.15. The predicted molar refractivity (Wildman–Crippen MR) is 67.3 cm³/mol. The minimum absolute atomic E-state index is 0.313. The molecule has 0 aliphatic carbocycles. The summed E-state index contributed by atoms with van der Waals surface area (Å²) in [4.78, 5) is 19.9. The van der Waals surface area contributed by atoms with Crippen LogP contribution in [0.2, 0.25) is 0 Å². The van der Waals surface area contributed by atoms with Crippen LogP contribution in [0.25, 0.3) is 11.4 Å². The lowest BCUT2D eigenvalue weighted by Crippen LogP contribution is -2.16. The zero-order chi connectivity index (χ0) is 13.1. The third-order valence-corrected chi connectivity index (χ3v) is 2.65. The average Bonchev–Trinajstić information content (AvgIpc) is 2.82. The first-order chi connectivity index (χ1) is 9.34. The summed E-state index contributed by atoms with van der Waals surface area (Å²) in [6.07, 6.45) is 4.97. The van der Waals surface area contributed by atoms with Gasteiger partial charge in [0, 0.05) is 24.2 Å². The largest absolute Gasteiger partial charge is 0.442 e. The van der Waals surface area contributed by atoms with E-state index in [9.17, 15) is 4.79 Å². The van der Waals surface area contributed by atoms with Crippen molar-refractivity contribution in [1.82, 2.24) is 19.7 Å². The van der Waals surface area contributed by atoms with Crippen molar-refractivity contribution in [3.63, 3.8) is 0 Å². The molecule has 3 aromatic rings. The molecule has 0 radical (unpaired) electrons. The van der Waals surface area contributed by atoms with E-state index in [0.717, 1.165) is 11.3 Å². The average molecular weight is 254 g/mol. The zero-order valence-electron chi connectivity index (χ0n) is 9.93. The third-order valence-electron chi connectivity index (χ3n) is 2.65. The van der Waals surface area contributed by atoms with Gasteiger partial charge in [0.2, 0.25) is 0 Å². The van der Waals surface area contributed by atoms with Crippen molar-refractivity contribution in [1.29, 1.82) is 0 Å². The predicted octanol–water partition coefficient (Wildman–Crippen LogP) is 1.34. The molecule has 19 heavy (non-hydrogen) atoms. The van der Waals surface area contributed by atoms with E-state index >= 15 is 0 Å². The Morgan fingerprint density at radius 2 is 2.11 bits per heavy atom. The maximum atomic E-state index is 11.7. The van der Waals surface area contributed by atoms with Crippen molar-refractivity contribution in [2.45, 2.75) is 6.54 Å². The van der Waals surface area contributed by atoms with Gasteiger partial charge in [0.05, 0.1) is 12.2 Å². The molecular weight excluding hydrogens is 244 g/mol. The molecule has 3 rings (SSSR count). The molecule has 0 aliphatic heterocycles. The highest BCUT2D eigenvalue weighted by Crippen LogP contribution is 2.14. The van der Waals surface area contributed by atoms with Gasteiger partial charge in [0.25, 0.3) is 0 Å². The van der Waals surface area contributed by atoms with Gasteiger partial charge in [0.15, 0.2) is 5.82 Å². The van der Waals surface area contributed by atoms with E-state index in [2.05, 4.69) is 15.1 Å². The van der Waals surface area contributed by atoms with Crippen LogP contribution in [0.4, 0.5) is 0 Å². The second-order valence-electron chi connectivity index (χ2n) is 3.92. The van der Waals surface area contributed by atoms with Crippen LogP contribution in [-0.2, 0) is 6.54 Å². The van der Waals surface area contributed by atoms with E-state index in [-0.39, 0.29) is 0 Å². The van der Waals surface area contributed by atoms with Crippen LogP contribution >= 0.6 is 0 Å². The molecule has 0 bridgehead atoms. The molecule has 6 heteroatoms. The second kappa shape index (κ2) is 4.85. The number of pyridine rings is 2. The maximum Gasteiger partial charge on any atom is 0.442 e. The monoisotopic (exact) mass is 254 g/mol. The highest BCUT2D eigenvalue weighted by atomic mass is 16.5. The molecule has 3 heterocycles. The normalized spacial score (nSPS) is 10.5. The van der Waals surface area contributed by atoms with Crippen molar-refractivity contribution in [2.24, 2.45) is 0 Å². The first kappa shape index (κ1) is 11.3. The summed E-state index contributed by atoms with van der Waals surface area (Å²) in [6.45, 7) is 0.313. The molecule has 0 saturated heterocycles. The van der Waals surface area contributed by atoms with Crippen molar-refractivity contribution in [3.05, 3.63) is 65.2 Å². The van der Waals surface area contributed by atoms with Gasteiger partial charge in [-0.15, -0.1) is 0 Å². The Hall–Kier alpha value is -2.76. The second-order valence-corrected chi connectivity index (χ2v) is 3.92. The Bertz CT molecular complexity index is 719. The van der Waals surface area contributed by atoms with Gasteiger partial charge >= 0.3 is 5.76 Å². The summed E-state index contributed by atoms with van der Waals surface area (Å²) in [5.41, 5.74) is 1.49. The fourth-order valence-corrected chi connectivity index (χ4v) is 1.76. The zero-order valence-corrected chi connectivity index (χ0v) is 9.93. The molecule has 0 atom stereocenters. The van der Waals surface area contributed by atoms with E-state index in [1.165, 1.54) is 4.57 Å². The number of hydrogen-bond donors (Lipinski definition) is 0. The van der Waals surface area contributed by atoms with E-state index in [0.29, 0.717) is 12.4 Å². The SMILES string of the molecule is O=c1onc(-c2cccnc2)n1Cc1ccccn1. The van der Waals surface area contributed by atoms with Crippen molar-refractivity contribution >= 4 is 0 Å². The fourth-order valence-electron chi connectivity index (χ4n) is 1.76. The van der Waals surface area contributed by atoms with Gasteiger partial charge in [-0.05, 0) is 24.3 Å². The Morgan fingerprint density at radius 3 is 2.84 bits per heavy atom. The third kappa shape index (κ3) is 2.28. The van der Waals surface area contributed by atoms with Gasteiger partial charge < -0.3 is 0 Å². The van der Waals surface area contributed by atoms with Crippen LogP contribution in [0.3, 0.4) is 0 Å².